The number of hydrogen-bond donors (Lipinski definition) is 3. The Morgan fingerprint density at radius 1 is 0.862 bits per heavy atom. The van der Waals surface area contributed by atoms with Crippen molar-refractivity contribution in [3.8, 4) is 0 Å². The van der Waals surface area contributed by atoms with Gasteiger partial charge in [0.15, 0.2) is 0 Å². The van der Waals surface area contributed by atoms with Crippen LogP contribution in [0.3, 0.4) is 0 Å². The van der Waals surface area contributed by atoms with Gasteiger partial charge in [0, 0.05) is 18.7 Å². The van der Waals surface area contributed by atoms with Crippen LogP contribution in [-0.2, 0) is 33.8 Å². The number of anilines is 1. The first-order valence-corrected chi connectivity index (χ1v) is 9.77. The van der Waals surface area contributed by atoms with E-state index >= 15 is 0 Å². The second kappa shape index (κ2) is 9.84. The Bertz CT molecular complexity index is 897. The summed E-state index contributed by atoms with van der Waals surface area (Å²) in [7, 11) is 0. The number of nitrogens with zero attached hydrogens (tertiary/aromatic N) is 1. The summed E-state index contributed by atoms with van der Waals surface area (Å²) in [5, 5.41) is 5.06. The van der Waals surface area contributed by atoms with Crippen LogP contribution in [0.1, 0.15) is 23.1 Å². The van der Waals surface area contributed by atoms with E-state index in [-0.39, 0.29) is 37.9 Å². The summed E-state index contributed by atoms with van der Waals surface area (Å²) in [6.45, 7) is 0.398. The lowest BCUT2D eigenvalue weighted by atomic mass is 9.95. The smallest absolute Gasteiger partial charge is 0.239 e. The van der Waals surface area contributed by atoms with Gasteiger partial charge in [-0.05, 0) is 35.6 Å². The molecule has 0 unspecified atom stereocenters. The highest BCUT2D eigenvalue weighted by Crippen LogP contribution is 2.28. The van der Waals surface area contributed by atoms with Crippen LogP contribution in [0.25, 0.3) is 0 Å². The van der Waals surface area contributed by atoms with Gasteiger partial charge in [-0.15, -0.1) is 0 Å². The molecule has 0 fully saturated rings. The van der Waals surface area contributed by atoms with Crippen molar-refractivity contribution in [2.45, 2.75) is 25.8 Å². The molecule has 0 aromatic heterocycles. The Morgan fingerprint density at radius 3 is 2.28 bits per heavy atom. The van der Waals surface area contributed by atoms with Crippen LogP contribution < -0.4 is 21.3 Å². The molecule has 29 heavy (non-hydrogen) atoms. The number of nitrogens with one attached hydrogen (secondary N) is 2. The Morgan fingerprint density at radius 2 is 1.52 bits per heavy atom. The number of para-hydroxylation sites is 1. The lowest BCUT2D eigenvalue weighted by Crippen LogP contribution is -2.41. The maximum Gasteiger partial charge on any atom is 0.239 e. The molecule has 2 aromatic carbocycles. The van der Waals surface area contributed by atoms with E-state index in [4.69, 9.17) is 5.73 Å². The third-order valence-corrected chi connectivity index (χ3v) is 4.99. The molecule has 152 valence electrons. The first-order chi connectivity index (χ1) is 14.1. The van der Waals surface area contributed by atoms with Gasteiger partial charge in [0.2, 0.25) is 17.7 Å². The number of nitrogens with two attached hydrogens (primary N) is 1. The molecule has 1 aliphatic rings. The summed E-state index contributed by atoms with van der Waals surface area (Å²) in [6.07, 6.45) is 1.99. The number of carbonyl (C=O) groups excluding carboxylic acids is 3. The fraction of sp³-hybridized carbons (Fsp3) is 0.318. The van der Waals surface area contributed by atoms with Gasteiger partial charge in [0.05, 0.1) is 19.6 Å². The third kappa shape index (κ3) is 5.42. The van der Waals surface area contributed by atoms with Crippen molar-refractivity contribution < 1.29 is 14.4 Å². The number of hydrogen-bond acceptors (Lipinski definition) is 4. The molecule has 0 bridgehead atoms. The highest BCUT2D eigenvalue weighted by molar-refractivity contribution is 5.94. The van der Waals surface area contributed by atoms with Crippen molar-refractivity contribution in [3.05, 3.63) is 65.2 Å². The number of aryl methyl sites for hydroxylation is 2. The van der Waals surface area contributed by atoms with E-state index < -0.39 is 5.91 Å². The molecular formula is C22H26N4O3. The minimum absolute atomic E-state index is 0.0551. The standard InChI is InChI=1S/C22H26N4O3/c23-13-20(27)25-14-21(28)24-12-11-22(29)26-15-18-7-2-1-5-16(18)9-10-17-6-3-4-8-19(17)26/h1-8H,9-15,23H2,(H,24,28)(H,25,27). The predicted molar refractivity (Wildman–Crippen MR) is 111 cm³/mol. The van der Waals surface area contributed by atoms with Gasteiger partial charge < -0.3 is 21.3 Å². The zero-order chi connectivity index (χ0) is 20.6. The summed E-state index contributed by atoms with van der Waals surface area (Å²) < 4.78 is 0. The number of fused-ring (bicyclic) bond motifs is 2. The maximum absolute atomic E-state index is 13.0. The van der Waals surface area contributed by atoms with Crippen molar-refractivity contribution in [2.75, 3.05) is 24.5 Å². The predicted octanol–water partition coefficient (Wildman–Crippen LogP) is 0.900. The lowest BCUT2D eigenvalue weighted by Gasteiger charge is -2.29. The van der Waals surface area contributed by atoms with Gasteiger partial charge in [-0.1, -0.05) is 42.5 Å². The zero-order valence-electron chi connectivity index (χ0n) is 16.3. The van der Waals surface area contributed by atoms with Crippen LogP contribution in [0.5, 0.6) is 0 Å². The molecule has 3 amide bonds. The van der Waals surface area contributed by atoms with Gasteiger partial charge in [-0.25, -0.2) is 0 Å². The van der Waals surface area contributed by atoms with E-state index in [9.17, 15) is 14.4 Å². The van der Waals surface area contributed by atoms with E-state index in [1.807, 2.05) is 30.3 Å². The topological polar surface area (TPSA) is 105 Å². The molecule has 2 aromatic rings. The molecule has 0 radical (unpaired) electrons. The minimum Gasteiger partial charge on any atom is -0.354 e. The van der Waals surface area contributed by atoms with Crippen molar-refractivity contribution in [2.24, 2.45) is 5.73 Å². The summed E-state index contributed by atoms with van der Waals surface area (Å²) in [6, 6.07) is 16.2. The van der Waals surface area contributed by atoms with E-state index in [2.05, 4.69) is 28.8 Å². The van der Waals surface area contributed by atoms with E-state index in [1.54, 1.807) is 4.90 Å². The van der Waals surface area contributed by atoms with Crippen molar-refractivity contribution in [1.29, 1.82) is 0 Å². The molecule has 4 N–H and O–H groups in total. The third-order valence-electron chi connectivity index (χ3n) is 4.99. The van der Waals surface area contributed by atoms with Crippen LogP contribution in [0, 0.1) is 0 Å². The van der Waals surface area contributed by atoms with Gasteiger partial charge in [0.1, 0.15) is 0 Å². The van der Waals surface area contributed by atoms with E-state index in [1.165, 1.54) is 5.56 Å². The molecule has 3 rings (SSSR count). The largest absolute Gasteiger partial charge is 0.354 e. The SMILES string of the molecule is NCC(=O)NCC(=O)NCCC(=O)N1Cc2ccccc2CCc2ccccc21. The average molecular weight is 394 g/mol. The summed E-state index contributed by atoms with van der Waals surface area (Å²) in [5.74, 6) is -0.800. The van der Waals surface area contributed by atoms with Gasteiger partial charge in [0.25, 0.3) is 0 Å². The van der Waals surface area contributed by atoms with E-state index in [0.29, 0.717) is 6.54 Å². The van der Waals surface area contributed by atoms with Crippen LogP contribution in [-0.4, -0.2) is 37.4 Å². The number of amides is 3. The number of rotatable bonds is 6. The molecule has 7 nitrogen and oxygen atoms in total. The second-order valence-corrected chi connectivity index (χ2v) is 6.96. The number of benzene rings is 2. The monoisotopic (exact) mass is 394 g/mol. The molecule has 0 spiro atoms. The fourth-order valence-corrected chi connectivity index (χ4v) is 3.45. The Balaban J connectivity index is 1.66. The van der Waals surface area contributed by atoms with Crippen LogP contribution in [0.2, 0.25) is 0 Å². The first kappa shape index (κ1) is 20.5. The maximum atomic E-state index is 13.0. The quantitative estimate of drug-likeness (QED) is 0.677. The summed E-state index contributed by atoms with van der Waals surface area (Å²) in [5.41, 5.74) is 9.65. The van der Waals surface area contributed by atoms with Gasteiger partial charge >= 0.3 is 0 Å². The average Bonchev–Trinajstić information content (AvgIpc) is 2.73. The molecule has 1 aliphatic heterocycles. The molecule has 7 heteroatoms. The second-order valence-electron chi connectivity index (χ2n) is 6.96. The highest BCUT2D eigenvalue weighted by Gasteiger charge is 2.22. The van der Waals surface area contributed by atoms with E-state index in [0.717, 1.165) is 29.7 Å². The van der Waals surface area contributed by atoms with Crippen molar-refractivity contribution in [3.63, 3.8) is 0 Å². The molecule has 0 saturated heterocycles. The van der Waals surface area contributed by atoms with Crippen LogP contribution in [0.15, 0.2) is 48.5 Å². The van der Waals surface area contributed by atoms with Crippen molar-refractivity contribution >= 4 is 23.4 Å². The van der Waals surface area contributed by atoms with Gasteiger partial charge in [-0.3, -0.25) is 14.4 Å². The molecule has 0 aliphatic carbocycles. The minimum atomic E-state index is -0.396. The highest BCUT2D eigenvalue weighted by atomic mass is 16.2. The molecule has 0 atom stereocenters. The fourth-order valence-electron chi connectivity index (χ4n) is 3.45. The van der Waals surface area contributed by atoms with Crippen LogP contribution in [0.4, 0.5) is 5.69 Å². The first-order valence-electron chi connectivity index (χ1n) is 9.77. The molecular weight excluding hydrogens is 368 g/mol. The van der Waals surface area contributed by atoms with Crippen molar-refractivity contribution in [1.82, 2.24) is 10.6 Å². The summed E-state index contributed by atoms with van der Waals surface area (Å²) in [4.78, 5) is 37.7. The number of carbonyl (C=O) groups is 3. The lowest BCUT2D eigenvalue weighted by molar-refractivity contribution is -0.125. The Hall–Kier alpha value is -3.19. The van der Waals surface area contributed by atoms with Crippen LogP contribution >= 0.6 is 0 Å². The Kier molecular flexibility index (Phi) is 6.97. The Labute approximate surface area is 170 Å². The molecule has 0 saturated carbocycles. The molecule has 1 heterocycles. The zero-order valence-corrected chi connectivity index (χ0v) is 16.3. The van der Waals surface area contributed by atoms with Gasteiger partial charge in [-0.2, -0.15) is 0 Å². The summed E-state index contributed by atoms with van der Waals surface area (Å²) >= 11 is 0. The normalized spacial score (nSPS) is 12.8.